The minimum Gasteiger partial charge on any atom is -0.486 e. The molecule has 10 nitrogen and oxygen atoms in total. The van der Waals surface area contributed by atoms with Gasteiger partial charge in [-0.1, -0.05) is 6.07 Å². The molecule has 1 aromatic carbocycles. The Hall–Kier alpha value is -3.53. The molecule has 0 aliphatic carbocycles. The third-order valence-electron chi connectivity index (χ3n) is 3.86. The van der Waals surface area contributed by atoms with Gasteiger partial charge in [0.1, 0.15) is 19.0 Å². The van der Waals surface area contributed by atoms with Crippen LogP contribution >= 0.6 is 0 Å². The van der Waals surface area contributed by atoms with Gasteiger partial charge in [0.05, 0.1) is 19.4 Å². The van der Waals surface area contributed by atoms with Gasteiger partial charge in [0.25, 0.3) is 0 Å². The molecule has 1 atom stereocenters. The summed E-state index contributed by atoms with van der Waals surface area (Å²) in [4.78, 5) is 30.0. The van der Waals surface area contributed by atoms with E-state index >= 15 is 0 Å². The first-order chi connectivity index (χ1) is 13.9. The number of carboxylic acid groups (broad SMARTS) is 2. The van der Waals surface area contributed by atoms with Gasteiger partial charge in [0.15, 0.2) is 11.5 Å². The Bertz CT molecular complexity index is 823. The number of carboxylic acids is 2. The number of rotatable bonds is 6. The first-order valence-corrected chi connectivity index (χ1v) is 8.75. The minimum atomic E-state index is -1.82. The van der Waals surface area contributed by atoms with Gasteiger partial charge < -0.3 is 34.7 Å². The molecule has 3 rings (SSSR count). The van der Waals surface area contributed by atoms with Gasteiger partial charge in [0.2, 0.25) is 5.91 Å². The Morgan fingerprint density at radius 2 is 1.76 bits per heavy atom. The summed E-state index contributed by atoms with van der Waals surface area (Å²) in [5.41, 5.74) is 1.05. The third-order valence-corrected chi connectivity index (χ3v) is 3.86. The molecular weight excluding hydrogens is 384 g/mol. The zero-order valence-corrected chi connectivity index (χ0v) is 15.7. The minimum absolute atomic E-state index is 0.0280. The van der Waals surface area contributed by atoms with Crippen molar-refractivity contribution in [3.05, 3.63) is 47.9 Å². The van der Waals surface area contributed by atoms with E-state index < -0.39 is 11.9 Å². The molecule has 2 aromatic rings. The van der Waals surface area contributed by atoms with Crippen molar-refractivity contribution in [2.75, 3.05) is 19.8 Å². The molecule has 2 heterocycles. The average Bonchev–Trinajstić information content (AvgIpc) is 3.24. The fourth-order valence-electron chi connectivity index (χ4n) is 2.35. The fraction of sp³-hybridized carbons (Fsp3) is 0.316. The maximum Gasteiger partial charge on any atom is 0.414 e. The van der Waals surface area contributed by atoms with Gasteiger partial charge in [-0.2, -0.15) is 0 Å². The van der Waals surface area contributed by atoms with Crippen LogP contribution in [0.25, 0.3) is 0 Å². The SMILES string of the molecule is CC(NCC(=O)NCc1ccco1)c1ccc2c(c1)OCCO2.O=C(O)C(=O)O. The number of aliphatic carboxylic acids is 2. The summed E-state index contributed by atoms with van der Waals surface area (Å²) in [5, 5.41) is 20.8. The van der Waals surface area contributed by atoms with Crippen molar-refractivity contribution in [2.45, 2.75) is 19.5 Å². The molecule has 29 heavy (non-hydrogen) atoms. The van der Waals surface area contributed by atoms with Crippen LogP contribution < -0.4 is 20.1 Å². The van der Waals surface area contributed by atoms with Gasteiger partial charge in [-0.3, -0.25) is 4.79 Å². The Morgan fingerprint density at radius 3 is 2.38 bits per heavy atom. The first-order valence-electron chi connectivity index (χ1n) is 8.75. The van der Waals surface area contributed by atoms with Crippen molar-refractivity contribution in [1.29, 1.82) is 0 Å². The monoisotopic (exact) mass is 406 g/mol. The number of furan rings is 1. The molecule has 1 unspecified atom stereocenters. The summed E-state index contributed by atoms with van der Waals surface area (Å²) in [5.74, 6) is -1.47. The molecular formula is C19H22N2O8. The van der Waals surface area contributed by atoms with Crippen LogP contribution in [0.1, 0.15) is 24.3 Å². The number of carbonyl (C=O) groups is 3. The molecule has 0 saturated heterocycles. The van der Waals surface area contributed by atoms with Gasteiger partial charge in [0, 0.05) is 6.04 Å². The number of hydrogen-bond acceptors (Lipinski definition) is 7. The molecule has 0 bridgehead atoms. The highest BCUT2D eigenvalue weighted by molar-refractivity contribution is 6.27. The van der Waals surface area contributed by atoms with Gasteiger partial charge >= 0.3 is 11.9 Å². The lowest BCUT2D eigenvalue weighted by atomic mass is 10.1. The van der Waals surface area contributed by atoms with E-state index in [2.05, 4.69) is 10.6 Å². The Kier molecular flexibility index (Phi) is 8.04. The van der Waals surface area contributed by atoms with E-state index in [0.717, 1.165) is 22.8 Å². The van der Waals surface area contributed by atoms with Crippen LogP contribution in [-0.4, -0.2) is 47.8 Å². The molecule has 0 spiro atoms. The second kappa shape index (κ2) is 10.7. The topological polar surface area (TPSA) is 147 Å². The van der Waals surface area contributed by atoms with E-state index in [4.69, 9.17) is 33.7 Å². The lowest BCUT2D eigenvalue weighted by molar-refractivity contribution is -0.159. The van der Waals surface area contributed by atoms with Crippen LogP contribution in [-0.2, 0) is 20.9 Å². The van der Waals surface area contributed by atoms with Crippen LogP contribution in [0.2, 0.25) is 0 Å². The molecule has 156 valence electrons. The summed E-state index contributed by atoms with van der Waals surface area (Å²) in [6.07, 6.45) is 1.59. The highest BCUT2D eigenvalue weighted by Gasteiger charge is 2.15. The van der Waals surface area contributed by atoms with Crippen molar-refractivity contribution >= 4 is 17.8 Å². The Labute approximate surface area is 166 Å². The van der Waals surface area contributed by atoms with Crippen molar-refractivity contribution in [1.82, 2.24) is 10.6 Å². The number of fused-ring (bicyclic) bond motifs is 1. The predicted octanol–water partition coefficient (Wildman–Crippen LogP) is 1.17. The highest BCUT2D eigenvalue weighted by Crippen LogP contribution is 2.32. The second-order valence-corrected chi connectivity index (χ2v) is 5.97. The zero-order valence-electron chi connectivity index (χ0n) is 15.7. The van der Waals surface area contributed by atoms with E-state index in [-0.39, 0.29) is 18.5 Å². The normalized spacial score (nSPS) is 12.9. The lowest BCUT2D eigenvalue weighted by Crippen LogP contribution is -2.34. The van der Waals surface area contributed by atoms with E-state index in [1.165, 1.54) is 0 Å². The third kappa shape index (κ3) is 7.18. The number of nitrogens with one attached hydrogen (secondary N) is 2. The fourth-order valence-corrected chi connectivity index (χ4v) is 2.35. The number of benzene rings is 1. The molecule has 0 fully saturated rings. The summed E-state index contributed by atoms with van der Waals surface area (Å²) in [6, 6.07) is 9.48. The lowest BCUT2D eigenvalue weighted by Gasteiger charge is -2.21. The van der Waals surface area contributed by atoms with Crippen molar-refractivity contribution in [2.24, 2.45) is 0 Å². The van der Waals surface area contributed by atoms with Crippen LogP contribution in [0.4, 0.5) is 0 Å². The highest BCUT2D eigenvalue weighted by atomic mass is 16.6. The maximum absolute atomic E-state index is 11.8. The van der Waals surface area contributed by atoms with E-state index in [0.29, 0.717) is 19.8 Å². The standard InChI is InChI=1S/C17H20N2O4.C2H2O4/c1-12(13-4-5-15-16(9-13)23-8-7-22-15)18-11-17(20)19-10-14-3-2-6-21-14;3-1(4)2(5)6/h2-6,9,12,18H,7-8,10-11H2,1H3,(H,19,20);(H,3,4)(H,5,6). The second-order valence-electron chi connectivity index (χ2n) is 5.97. The summed E-state index contributed by atoms with van der Waals surface area (Å²) < 4.78 is 16.3. The van der Waals surface area contributed by atoms with Gasteiger partial charge in [-0.25, -0.2) is 9.59 Å². The zero-order chi connectivity index (χ0) is 21.2. The molecule has 1 amide bonds. The smallest absolute Gasteiger partial charge is 0.414 e. The van der Waals surface area contributed by atoms with Crippen LogP contribution in [0, 0.1) is 0 Å². The number of hydrogen-bond donors (Lipinski definition) is 4. The predicted molar refractivity (Wildman–Crippen MR) is 99.7 cm³/mol. The van der Waals surface area contributed by atoms with E-state index in [9.17, 15) is 4.79 Å². The van der Waals surface area contributed by atoms with Crippen molar-refractivity contribution in [3.8, 4) is 11.5 Å². The summed E-state index contributed by atoms with van der Waals surface area (Å²) >= 11 is 0. The van der Waals surface area contributed by atoms with Crippen molar-refractivity contribution < 1.29 is 38.5 Å². The van der Waals surface area contributed by atoms with E-state index in [1.54, 1.807) is 12.3 Å². The van der Waals surface area contributed by atoms with E-state index in [1.807, 2.05) is 31.2 Å². The summed E-state index contributed by atoms with van der Waals surface area (Å²) in [7, 11) is 0. The van der Waals surface area contributed by atoms with Crippen LogP contribution in [0.15, 0.2) is 41.0 Å². The molecule has 4 N–H and O–H groups in total. The maximum atomic E-state index is 11.8. The molecule has 0 saturated carbocycles. The number of ether oxygens (including phenoxy) is 2. The average molecular weight is 406 g/mol. The number of carbonyl (C=O) groups excluding carboxylic acids is 1. The molecule has 1 aliphatic heterocycles. The Morgan fingerprint density at radius 1 is 1.07 bits per heavy atom. The number of amides is 1. The molecule has 1 aromatic heterocycles. The Balaban J connectivity index is 0.000000438. The van der Waals surface area contributed by atoms with Gasteiger partial charge in [-0.05, 0) is 36.8 Å². The van der Waals surface area contributed by atoms with Gasteiger partial charge in [-0.15, -0.1) is 0 Å². The quantitative estimate of drug-likeness (QED) is 0.519. The van der Waals surface area contributed by atoms with Crippen LogP contribution in [0.3, 0.4) is 0 Å². The summed E-state index contributed by atoms with van der Waals surface area (Å²) in [6.45, 7) is 3.77. The molecule has 10 heteroatoms. The molecule has 0 radical (unpaired) electrons. The first kappa shape index (κ1) is 21.8. The molecule has 1 aliphatic rings. The largest absolute Gasteiger partial charge is 0.486 e. The van der Waals surface area contributed by atoms with Crippen LogP contribution in [0.5, 0.6) is 11.5 Å². The van der Waals surface area contributed by atoms with Crippen molar-refractivity contribution in [3.63, 3.8) is 0 Å².